The van der Waals surface area contributed by atoms with Crippen LogP contribution >= 0.6 is 0 Å². The van der Waals surface area contributed by atoms with Crippen molar-refractivity contribution in [2.45, 2.75) is 264 Å². The van der Waals surface area contributed by atoms with Crippen molar-refractivity contribution in [3.8, 4) is 0 Å². The lowest BCUT2D eigenvalue weighted by molar-refractivity contribution is -0.151. The van der Waals surface area contributed by atoms with Gasteiger partial charge in [-0.2, -0.15) is 0 Å². The molecule has 0 rings (SSSR count). The smallest absolute Gasteiger partial charge is 0.306 e. The van der Waals surface area contributed by atoms with E-state index in [1.54, 1.807) is 0 Å². The van der Waals surface area contributed by atoms with Gasteiger partial charge >= 0.3 is 5.97 Å². The second kappa shape index (κ2) is 56.2. The van der Waals surface area contributed by atoms with Gasteiger partial charge in [-0.15, -0.1) is 0 Å². The zero-order valence-corrected chi connectivity index (χ0v) is 45.4. The van der Waals surface area contributed by atoms with Gasteiger partial charge in [-0.3, -0.25) is 9.59 Å². The minimum Gasteiger partial charge on any atom is -0.462 e. The van der Waals surface area contributed by atoms with Gasteiger partial charge in [0.15, 0.2) is 0 Å². The first-order valence-corrected chi connectivity index (χ1v) is 28.8. The summed E-state index contributed by atoms with van der Waals surface area (Å²) in [6, 6.07) is -0.742. The van der Waals surface area contributed by atoms with Gasteiger partial charge in [-0.25, -0.2) is 0 Å². The van der Waals surface area contributed by atoms with E-state index in [0.717, 1.165) is 83.5 Å². The molecule has 0 spiro atoms. The molecule has 0 fully saturated rings. The highest BCUT2D eigenvalue weighted by molar-refractivity contribution is 5.77. The van der Waals surface area contributed by atoms with Gasteiger partial charge in [-0.1, -0.05) is 271 Å². The van der Waals surface area contributed by atoms with Crippen LogP contribution in [0.1, 0.15) is 245 Å². The maximum Gasteiger partial charge on any atom is 0.306 e. The molecule has 0 saturated carbocycles. The molecule has 0 saturated heterocycles. The van der Waals surface area contributed by atoms with E-state index in [9.17, 15) is 19.8 Å². The third kappa shape index (κ3) is 50.6. The van der Waals surface area contributed by atoms with Gasteiger partial charge in [0.25, 0.3) is 0 Å². The SMILES string of the molecule is CC\C=C/C=C/C=C/C=C\C=C\C=C\CCCC(CC(=O)NC(CO)C(O)CCCCCCCCCCCCCCCCCCC)OC(=O)CCCCC/C=C\C/C=C\C/C=C\C/C=C\CCCCC. The number of esters is 1. The Morgan fingerprint density at radius 1 is 0.443 bits per heavy atom. The Bertz CT molecular complexity index is 1460. The van der Waals surface area contributed by atoms with Crippen molar-refractivity contribution in [1.82, 2.24) is 5.32 Å². The van der Waals surface area contributed by atoms with Crippen LogP contribution in [0.25, 0.3) is 0 Å². The number of ether oxygens (including phenoxy) is 1. The molecule has 6 heteroatoms. The molecule has 0 aliphatic heterocycles. The minimum absolute atomic E-state index is 0.00611. The first-order valence-electron chi connectivity index (χ1n) is 28.8. The number of hydrogen-bond donors (Lipinski definition) is 3. The van der Waals surface area contributed by atoms with E-state index in [4.69, 9.17) is 4.74 Å². The molecule has 70 heavy (non-hydrogen) atoms. The Morgan fingerprint density at radius 2 is 0.843 bits per heavy atom. The van der Waals surface area contributed by atoms with Gasteiger partial charge in [0.1, 0.15) is 6.10 Å². The van der Waals surface area contributed by atoms with Crippen LogP contribution < -0.4 is 5.32 Å². The fraction of sp³-hybridized carbons (Fsp3) is 0.656. The first-order chi connectivity index (χ1) is 34.5. The summed E-state index contributed by atoms with van der Waals surface area (Å²) >= 11 is 0. The quantitative estimate of drug-likeness (QED) is 0.0244. The molecule has 398 valence electrons. The molecular weight excluding hydrogens is 863 g/mol. The summed E-state index contributed by atoms with van der Waals surface area (Å²) < 4.78 is 5.90. The zero-order valence-electron chi connectivity index (χ0n) is 45.4. The van der Waals surface area contributed by atoms with Crippen LogP contribution in [0.15, 0.2) is 122 Å². The third-order valence-electron chi connectivity index (χ3n) is 12.4. The molecule has 0 aliphatic carbocycles. The molecular formula is C64H107NO5. The number of aliphatic hydroxyl groups excluding tert-OH is 2. The Morgan fingerprint density at radius 3 is 1.33 bits per heavy atom. The number of carbonyl (C=O) groups is 2. The average Bonchev–Trinajstić information content (AvgIpc) is 3.35. The second-order valence-electron chi connectivity index (χ2n) is 19.1. The molecule has 0 radical (unpaired) electrons. The highest BCUT2D eigenvalue weighted by atomic mass is 16.5. The van der Waals surface area contributed by atoms with E-state index >= 15 is 0 Å². The summed E-state index contributed by atoms with van der Waals surface area (Å²) in [6.07, 6.45) is 78.4. The maximum absolute atomic E-state index is 13.3. The number of aliphatic hydroxyl groups is 2. The summed E-state index contributed by atoms with van der Waals surface area (Å²) in [5.74, 6) is -0.593. The molecule has 3 N–H and O–H groups in total. The van der Waals surface area contributed by atoms with Gasteiger partial charge in [0.05, 0.1) is 25.2 Å². The van der Waals surface area contributed by atoms with Crippen LogP contribution in [0.2, 0.25) is 0 Å². The lowest BCUT2D eigenvalue weighted by Gasteiger charge is -2.24. The minimum atomic E-state index is -0.823. The van der Waals surface area contributed by atoms with Crippen LogP contribution in [-0.2, 0) is 14.3 Å². The average molecular weight is 971 g/mol. The predicted molar refractivity (Wildman–Crippen MR) is 305 cm³/mol. The number of unbranched alkanes of at least 4 members (excludes halogenated alkanes) is 23. The zero-order chi connectivity index (χ0) is 50.9. The molecule has 6 nitrogen and oxygen atoms in total. The number of amides is 1. The summed E-state index contributed by atoms with van der Waals surface area (Å²) in [4.78, 5) is 26.3. The largest absolute Gasteiger partial charge is 0.462 e. The molecule has 0 bridgehead atoms. The van der Waals surface area contributed by atoms with Gasteiger partial charge in [0, 0.05) is 6.42 Å². The molecule has 0 aromatic carbocycles. The van der Waals surface area contributed by atoms with E-state index in [-0.39, 0.29) is 24.9 Å². The van der Waals surface area contributed by atoms with E-state index in [0.29, 0.717) is 19.3 Å². The molecule has 0 heterocycles. The lowest BCUT2D eigenvalue weighted by Crippen LogP contribution is -2.46. The van der Waals surface area contributed by atoms with Crippen molar-refractivity contribution in [2.75, 3.05) is 6.61 Å². The highest BCUT2D eigenvalue weighted by Crippen LogP contribution is 2.17. The van der Waals surface area contributed by atoms with Crippen LogP contribution in [0.4, 0.5) is 0 Å². The van der Waals surface area contributed by atoms with E-state index in [2.05, 4.69) is 86.8 Å². The molecule has 0 aromatic heterocycles. The Labute approximate surface area is 431 Å². The van der Waals surface area contributed by atoms with Crippen LogP contribution in [0, 0.1) is 0 Å². The molecule has 0 aliphatic rings. The number of carbonyl (C=O) groups excluding carboxylic acids is 2. The number of nitrogens with one attached hydrogen (secondary N) is 1. The standard InChI is InChI=1S/C64H107NO5/c1-4-7-10-13-16-19-22-25-28-30-31-33-36-39-42-45-48-51-54-57-64(69)70-60(55-52-49-46-43-40-37-34-27-24-21-18-15-12-9-6-3)58-63(68)65-61(59-66)62(67)56-53-50-47-44-41-38-35-32-29-26-23-20-17-14-11-8-5-2/h9,12,15-16,18-19,21,24-25,27-28,31,33-34,37,39-40,42-43,46,60-62,66-67H,4-8,10-11,13-14,17,20,22-23,26,29-30,32,35-36,38,41,44-45,47-59H2,1-3H3,(H,65,68)/b12-9-,18-15+,19-16-,24-21+,28-25-,33-31-,34-27-,40-37+,42-39-,46-43+. The molecule has 3 atom stereocenters. The van der Waals surface area contributed by atoms with E-state index in [1.165, 1.54) is 116 Å². The molecule has 1 amide bonds. The first kappa shape index (κ1) is 66.3. The fourth-order valence-electron chi connectivity index (χ4n) is 8.10. The van der Waals surface area contributed by atoms with Gasteiger partial charge < -0.3 is 20.3 Å². The third-order valence-corrected chi connectivity index (χ3v) is 12.4. The monoisotopic (exact) mass is 970 g/mol. The van der Waals surface area contributed by atoms with E-state index in [1.807, 2.05) is 60.8 Å². The fourth-order valence-corrected chi connectivity index (χ4v) is 8.10. The van der Waals surface area contributed by atoms with Crippen molar-refractivity contribution in [3.05, 3.63) is 122 Å². The Hall–Kier alpha value is -3.74. The predicted octanol–water partition coefficient (Wildman–Crippen LogP) is 18.0. The lowest BCUT2D eigenvalue weighted by atomic mass is 10.0. The number of allylic oxidation sites excluding steroid dienone is 20. The van der Waals surface area contributed by atoms with Crippen LogP contribution in [0.5, 0.6) is 0 Å². The molecule has 0 aromatic rings. The second-order valence-corrected chi connectivity index (χ2v) is 19.1. The van der Waals surface area contributed by atoms with Crippen molar-refractivity contribution < 1.29 is 24.5 Å². The Kier molecular flexibility index (Phi) is 53.2. The maximum atomic E-state index is 13.3. The summed E-state index contributed by atoms with van der Waals surface area (Å²) in [5, 5.41) is 23.9. The van der Waals surface area contributed by atoms with Crippen molar-refractivity contribution in [2.24, 2.45) is 0 Å². The topological polar surface area (TPSA) is 95.9 Å². The van der Waals surface area contributed by atoms with Crippen molar-refractivity contribution >= 4 is 11.9 Å². The van der Waals surface area contributed by atoms with Crippen molar-refractivity contribution in [1.29, 1.82) is 0 Å². The normalized spacial score (nSPS) is 14.1. The van der Waals surface area contributed by atoms with Gasteiger partial charge in [-0.05, 0) is 83.5 Å². The summed E-state index contributed by atoms with van der Waals surface area (Å²) in [6.45, 7) is 6.29. The number of rotatable bonds is 50. The Balaban J connectivity index is 4.73. The van der Waals surface area contributed by atoms with E-state index < -0.39 is 18.2 Å². The molecule has 3 unspecified atom stereocenters. The summed E-state index contributed by atoms with van der Waals surface area (Å²) in [5.41, 5.74) is 0. The van der Waals surface area contributed by atoms with Crippen LogP contribution in [-0.4, -0.2) is 46.9 Å². The van der Waals surface area contributed by atoms with Gasteiger partial charge in [0.2, 0.25) is 5.91 Å². The van der Waals surface area contributed by atoms with Crippen LogP contribution in [0.3, 0.4) is 0 Å². The van der Waals surface area contributed by atoms with Crippen molar-refractivity contribution in [3.63, 3.8) is 0 Å². The number of hydrogen-bond acceptors (Lipinski definition) is 5. The summed E-state index contributed by atoms with van der Waals surface area (Å²) in [7, 11) is 0. The highest BCUT2D eigenvalue weighted by Gasteiger charge is 2.24.